The van der Waals surface area contributed by atoms with Gasteiger partial charge in [0.25, 0.3) is 0 Å². The molecule has 0 heterocycles. The average molecular weight is 377 g/mol. The predicted octanol–water partition coefficient (Wildman–Crippen LogP) is 4.91. The fraction of sp³-hybridized carbons (Fsp3) is 0.174. The largest absolute Gasteiger partial charge is 0.497 e. The maximum absolute atomic E-state index is 12.8. The molecule has 0 saturated carbocycles. The molecule has 0 fully saturated rings. The van der Waals surface area contributed by atoms with Gasteiger partial charge < -0.3 is 14.2 Å². The highest BCUT2D eigenvalue weighted by atomic mass is 16.6. The minimum Gasteiger partial charge on any atom is -0.497 e. The fourth-order valence-corrected chi connectivity index (χ4v) is 2.74. The molecule has 0 bridgehead atoms. The molecule has 5 heteroatoms. The van der Waals surface area contributed by atoms with E-state index in [1.807, 2.05) is 66.7 Å². The van der Waals surface area contributed by atoms with Gasteiger partial charge in [-0.25, -0.2) is 4.79 Å². The predicted molar refractivity (Wildman–Crippen MR) is 108 cm³/mol. The summed E-state index contributed by atoms with van der Waals surface area (Å²) in [5, 5.41) is 0. The van der Waals surface area contributed by atoms with E-state index in [2.05, 4.69) is 0 Å². The summed E-state index contributed by atoms with van der Waals surface area (Å²) >= 11 is 0. The van der Waals surface area contributed by atoms with Crippen molar-refractivity contribution in [3.05, 3.63) is 90.0 Å². The molecule has 0 aliphatic heterocycles. The van der Waals surface area contributed by atoms with E-state index in [4.69, 9.17) is 14.2 Å². The van der Waals surface area contributed by atoms with Crippen molar-refractivity contribution in [2.75, 3.05) is 14.2 Å². The van der Waals surface area contributed by atoms with Crippen molar-refractivity contribution in [2.45, 2.75) is 13.1 Å². The maximum Gasteiger partial charge on any atom is 0.415 e. The third-order valence-electron chi connectivity index (χ3n) is 4.27. The number of methoxy groups -OCH3 is 2. The first-order valence-electron chi connectivity index (χ1n) is 8.95. The number of rotatable bonds is 7. The van der Waals surface area contributed by atoms with Gasteiger partial charge in [-0.05, 0) is 47.5 Å². The van der Waals surface area contributed by atoms with Gasteiger partial charge >= 0.3 is 6.09 Å². The summed E-state index contributed by atoms with van der Waals surface area (Å²) in [4.78, 5) is 14.5. The molecule has 1 amide bonds. The third-order valence-corrected chi connectivity index (χ3v) is 4.27. The van der Waals surface area contributed by atoms with Gasteiger partial charge in [-0.1, -0.05) is 42.5 Å². The van der Waals surface area contributed by atoms with Crippen LogP contribution < -0.4 is 14.2 Å². The smallest absolute Gasteiger partial charge is 0.415 e. The molecule has 0 aliphatic rings. The minimum absolute atomic E-state index is 0.405. The number of para-hydroxylation sites is 1. The SMILES string of the molecule is COc1ccc(CN(Cc2ccc(OC)cc2)C(=O)Oc2ccccc2)cc1. The molecule has 144 valence electrons. The number of benzene rings is 3. The van der Waals surface area contributed by atoms with Crippen LogP contribution >= 0.6 is 0 Å². The maximum atomic E-state index is 12.8. The second-order valence-electron chi connectivity index (χ2n) is 6.23. The van der Waals surface area contributed by atoms with E-state index in [0.717, 1.165) is 22.6 Å². The van der Waals surface area contributed by atoms with Crippen LogP contribution in [0.2, 0.25) is 0 Å². The van der Waals surface area contributed by atoms with Crippen LogP contribution in [0, 0.1) is 0 Å². The Morgan fingerprint density at radius 3 is 1.57 bits per heavy atom. The van der Waals surface area contributed by atoms with Crippen molar-refractivity contribution in [3.8, 4) is 17.2 Å². The lowest BCUT2D eigenvalue weighted by Gasteiger charge is -2.22. The zero-order valence-electron chi connectivity index (χ0n) is 16.0. The highest BCUT2D eigenvalue weighted by Crippen LogP contribution is 2.19. The summed E-state index contributed by atoms with van der Waals surface area (Å²) in [6.07, 6.45) is -0.405. The fourth-order valence-electron chi connectivity index (χ4n) is 2.74. The molecule has 28 heavy (non-hydrogen) atoms. The van der Waals surface area contributed by atoms with E-state index in [1.165, 1.54) is 0 Å². The average Bonchev–Trinajstić information content (AvgIpc) is 2.75. The topological polar surface area (TPSA) is 48.0 Å². The molecule has 0 unspecified atom stereocenters. The number of hydrogen-bond acceptors (Lipinski definition) is 4. The summed E-state index contributed by atoms with van der Waals surface area (Å²) in [6.45, 7) is 0.837. The van der Waals surface area contributed by atoms with Crippen LogP contribution in [0.15, 0.2) is 78.9 Å². The standard InChI is InChI=1S/C23H23NO4/c1-26-20-12-8-18(9-13-20)16-24(17-19-10-14-21(27-2)15-11-19)23(25)28-22-6-4-3-5-7-22/h3-15H,16-17H2,1-2H3. The quantitative estimate of drug-likeness (QED) is 0.587. The number of carbonyl (C=O) groups excluding carboxylic acids is 1. The lowest BCUT2D eigenvalue weighted by molar-refractivity contribution is 0.146. The van der Waals surface area contributed by atoms with Gasteiger partial charge in [0.2, 0.25) is 0 Å². The van der Waals surface area contributed by atoms with E-state index >= 15 is 0 Å². The van der Waals surface area contributed by atoms with Crippen molar-refractivity contribution in [3.63, 3.8) is 0 Å². The second-order valence-corrected chi connectivity index (χ2v) is 6.23. The second kappa shape index (κ2) is 9.46. The van der Waals surface area contributed by atoms with Crippen LogP contribution in [0.5, 0.6) is 17.2 Å². The number of hydrogen-bond donors (Lipinski definition) is 0. The Labute approximate surface area is 165 Å². The molecule has 0 spiro atoms. The Hall–Kier alpha value is -3.47. The van der Waals surface area contributed by atoms with Crippen molar-refractivity contribution in [1.29, 1.82) is 0 Å². The number of ether oxygens (including phenoxy) is 3. The molecule has 0 saturated heterocycles. The number of amides is 1. The first-order chi connectivity index (χ1) is 13.7. The van der Waals surface area contributed by atoms with Gasteiger partial charge in [0, 0.05) is 13.1 Å². The third kappa shape index (κ3) is 5.27. The van der Waals surface area contributed by atoms with E-state index in [9.17, 15) is 4.79 Å². The molecule has 0 aromatic heterocycles. The Morgan fingerprint density at radius 1 is 0.679 bits per heavy atom. The molecule has 3 aromatic carbocycles. The minimum atomic E-state index is -0.405. The molecular weight excluding hydrogens is 354 g/mol. The van der Waals surface area contributed by atoms with Crippen molar-refractivity contribution >= 4 is 6.09 Å². The van der Waals surface area contributed by atoms with Gasteiger partial charge in [0.1, 0.15) is 17.2 Å². The molecule has 0 aliphatic carbocycles. The number of nitrogens with zero attached hydrogens (tertiary/aromatic N) is 1. The Bertz CT molecular complexity index is 827. The molecule has 3 aromatic rings. The van der Waals surface area contributed by atoms with Crippen LogP contribution in [0.4, 0.5) is 4.79 Å². The first-order valence-corrected chi connectivity index (χ1v) is 8.95. The van der Waals surface area contributed by atoms with Gasteiger partial charge in [-0.15, -0.1) is 0 Å². The van der Waals surface area contributed by atoms with Crippen LogP contribution in [-0.4, -0.2) is 25.2 Å². The molecule has 0 atom stereocenters. The van der Waals surface area contributed by atoms with Gasteiger partial charge in [-0.3, -0.25) is 4.90 Å². The zero-order chi connectivity index (χ0) is 19.8. The summed E-state index contributed by atoms with van der Waals surface area (Å²) in [5.41, 5.74) is 1.97. The normalized spacial score (nSPS) is 10.2. The first kappa shape index (κ1) is 19.3. The van der Waals surface area contributed by atoms with Crippen molar-refractivity contribution < 1.29 is 19.0 Å². The summed E-state index contributed by atoms with van der Waals surface area (Å²) in [5.74, 6) is 2.07. The summed E-state index contributed by atoms with van der Waals surface area (Å²) in [7, 11) is 3.25. The van der Waals surface area contributed by atoms with Gasteiger partial charge in [-0.2, -0.15) is 0 Å². The lowest BCUT2D eigenvalue weighted by atomic mass is 10.1. The zero-order valence-corrected chi connectivity index (χ0v) is 16.0. The highest BCUT2D eigenvalue weighted by molar-refractivity contribution is 5.70. The molecule has 0 N–H and O–H groups in total. The monoisotopic (exact) mass is 377 g/mol. The summed E-state index contributed by atoms with van der Waals surface area (Å²) < 4.78 is 16.0. The lowest BCUT2D eigenvalue weighted by Crippen LogP contribution is -2.32. The van der Waals surface area contributed by atoms with Crippen LogP contribution in [0.25, 0.3) is 0 Å². The van der Waals surface area contributed by atoms with Gasteiger partial charge in [0.05, 0.1) is 14.2 Å². The molecule has 3 rings (SSSR count). The summed E-state index contributed by atoms with van der Waals surface area (Å²) in [6, 6.07) is 24.3. The Balaban J connectivity index is 1.77. The van der Waals surface area contributed by atoms with E-state index in [-0.39, 0.29) is 0 Å². The van der Waals surface area contributed by atoms with Crippen LogP contribution in [0.1, 0.15) is 11.1 Å². The van der Waals surface area contributed by atoms with Crippen LogP contribution in [0.3, 0.4) is 0 Å². The molecule has 0 radical (unpaired) electrons. The Kier molecular flexibility index (Phi) is 6.52. The van der Waals surface area contributed by atoms with Crippen molar-refractivity contribution in [1.82, 2.24) is 4.90 Å². The molecular formula is C23H23NO4. The molecule has 5 nitrogen and oxygen atoms in total. The van der Waals surface area contributed by atoms with E-state index in [1.54, 1.807) is 31.3 Å². The van der Waals surface area contributed by atoms with Crippen molar-refractivity contribution in [2.24, 2.45) is 0 Å². The van der Waals surface area contributed by atoms with E-state index < -0.39 is 6.09 Å². The van der Waals surface area contributed by atoms with E-state index in [0.29, 0.717) is 18.8 Å². The van der Waals surface area contributed by atoms with Gasteiger partial charge in [0.15, 0.2) is 0 Å². The number of carbonyl (C=O) groups is 1. The van der Waals surface area contributed by atoms with Crippen LogP contribution in [-0.2, 0) is 13.1 Å². The Morgan fingerprint density at radius 2 is 1.14 bits per heavy atom. The highest BCUT2D eigenvalue weighted by Gasteiger charge is 2.17.